The lowest BCUT2D eigenvalue weighted by molar-refractivity contribution is -0.137. The number of aromatic nitrogens is 2. The Hall–Kier alpha value is -3.33. The Balaban J connectivity index is 1.44. The van der Waals surface area contributed by atoms with Gasteiger partial charge in [0.1, 0.15) is 15.2 Å². The molecule has 2 heterocycles. The van der Waals surface area contributed by atoms with Crippen molar-refractivity contribution in [2.24, 2.45) is 0 Å². The second kappa shape index (κ2) is 12.0. The molecule has 14 heteroatoms. The van der Waals surface area contributed by atoms with Gasteiger partial charge in [-0.25, -0.2) is 8.42 Å². The van der Waals surface area contributed by atoms with Crippen molar-refractivity contribution < 1.29 is 36.2 Å². The number of aliphatic hydroxyl groups excluding tert-OH is 1. The molecule has 2 aromatic carbocycles. The number of benzene rings is 2. The predicted molar refractivity (Wildman–Crippen MR) is 146 cm³/mol. The van der Waals surface area contributed by atoms with E-state index in [1.165, 1.54) is 48.7 Å². The molecule has 210 valence electrons. The number of aliphatic hydroxyl groups is 1. The molecule has 0 bridgehead atoms. The first-order valence-electron chi connectivity index (χ1n) is 11.6. The third kappa shape index (κ3) is 6.86. The summed E-state index contributed by atoms with van der Waals surface area (Å²) in [4.78, 5) is 21.6. The highest BCUT2D eigenvalue weighted by molar-refractivity contribution is 9.11. The molecule has 4 rings (SSSR count). The van der Waals surface area contributed by atoms with E-state index in [1.807, 2.05) is 0 Å². The Bertz CT molecular complexity index is 1590. The maximum absolute atomic E-state index is 12.8. The van der Waals surface area contributed by atoms with E-state index in [0.29, 0.717) is 20.7 Å². The van der Waals surface area contributed by atoms with Gasteiger partial charge in [-0.1, -0.05) is 30.4 Å². The van der Waals surface area contributed by atoms with Crippen molar-refractivity contribution >= 4 is 43.0 Å². The zero-order chi connectivity index (χ0) is 29.1. The van der Waals surface area contributed by atoms with Gasteiger partial charge in [-0.3, -0.25) is 9.78 Å². The zero-order valence-electron chi connectivity index (χ0n) is 20.6. The van der Waals surface area contributed by atoms with Gasteiger partial charge >= 0.3 is 6.18 Å². The Morgan fingerprint density at radius 3 is 2.33 bits per heavy atom. The number of sulfone groups is 1. The van der Waals surface area contributed by atoms with Crippen LogP contribution in [0.25, 0.3) is 11.4 Å². The smallest absolute Gasteiger partial charge is 0.416 e. The lowest BCUT2D eigenvalue weighted by Gasteiger charge is -2.17. The fourth-order valence-corrected chi connectivity index (χ4v) is 5.78. The fourth-order valence-electron chi connectivity index (χ4n) is 3.52. The number of hydrogen-bond acceptors (Lipinski definition) is 8. The summed E-state index contributed by atoms with van der Waals surface area (Å²) in [6.45, 7) is 1.13. The molecule has 0 unspecified atom stereocenters. The van der Waals surface area contributed by atoms with E-state index in [9.17, 15) is 31.5 Å². The van der Waals surface area contributed by atoms with E-state index in [2.05, 4.69) is 31.2 Å². The van der Waals surface area contributed by atoms with Crippen molar-refractivity contribution in [1.29, 1.82) is 0 Å². The Morgan fingerprint density at radius 1 is 1.10 bits per heavy atom. The molecule has 0 radical (unpaired) electrons. The number of carbonyl (C=O) groups is 1. The first-order chi connectivity index (χ1) is 18.9. The maximum Gasteiger partial charge on any atom is 0.416 e. The van der Waals surface area contributed by atoms with Gasteiger partial charge in [-0.05, 0) is 70.0 Å². The third-order valence-corrected chi connectivity index (χ3v) is 9.06. The summed E-state index contributed by atoms with van der Waals surface area (Å²) < 4.78 is 68.5. The summed E-state index contributed by atoms with van der Waals surface area (Å²) in [5, 5.41) is 12.7. The number of thiazole rings is 1. The number of halogens is 4. The SMILES string of the molecule is CCS(=O)(=O)c1ccc([C@H](CO)NC(=O)c2ccc(-c3nc(Oc4ccc(C(F)(F)F)cc4)sc3Br)nc2)cc1. The van der Waals surface area contributed by atoms with Crippen LogP contribution in [0.4, 0.5) is 13.2 Å². The summed E-state index contributed by atoms with van der Waals surface area (Å²) in [7, 11) is -3.38. The van der Waals surface area contributed by atoms with Crippen molar-refractivity contribution in [1.82, 2.24) is 15.3 Å². The molecule has 0 saturated carbocycles. The number of alkyl halides is 3. The van der Waals surface area contributed by atoms with E-state index in [-0.39, 0.29) is 27.2 Å². The van der Waals surface area contributed by atoms with Gasteiger partial charge in [0.05, 0.1) is 40.1 Å². The molecule has 0 aliphatic rings. The van der Waals surface area contributed by atoms with Crippen LogP contribution < -0.4 is 10.1 Å². The Labute approximate surface area is 239 Å². The number of hydrogen-bond donors (Lipinski definition) is 2. The van der Waals surface area contributed by atoms with Crippen LogP contribution in [0, 0.1) is 0 Å². The fraction of sp³-hybridized carbons (Fsp3) is 0.192. The standard InChI is InChI=1S/C26H21BrF3N3O5S2/c1-2-40(36,37)19-10-3-15(4-11-19)21(14-34)32-24(35)16-5-12-20(31-13-16)22-23(27)39-25(33-22)38-18-8-6-17(7-9-18)26(28,29)30/h3-13,21,34H,2,14H2,1H3,(H,32,35)/t21-/m0/s1. The quantitative estimate of drug-likeness (QED) is 0.226. The molecular formula is C26H21BrF3N3O5S2. The highest BCUT2D eigenvalue weighted by Crippen LogP contribution is 2.38. The number of nitrogens with one attached hydrogen (secondary N) is 1. The van der Waals surface area contributed by atoms with Crippen LogP contribution in [0.1, 0.15) is 34.5 Å². The lowest BCUT2D eigenvalue weighted by Crippen LogP contribution is -2.30. The molecular weight excluding hydrogens is 635 g/mol. The van der Waals surface area contributed by atoms with E-state index in [0.717, 1.165) is 23.5 Å². The number of amides is 1. The van der Waals surface area contributed by atoms with Crippen LogP contribution in [0.3, 0.4) is 0 Å². The number of carbonyl (C=O) groups excluding carboxylic acids is 1. The minimum absolute atomic E-state index is 0.0412. The molecule has 40 heavy (non-hydrogen) atoms. The van der Waals surface area contributed by atoms with E-state index < -0.39 is 40.1 Å². The second-order valence-corrected chi connectivity index (χ2v) is 12.9. The highest BCUT2D eigenvalue weighted by Gasteiger charge is 2.30. The Morgan fingerprint density at radius 2 is 1.77 bits per heavy atom. The van der Waals surface area contributed by atoms with Crippen molar-refractivity contribution in [2.45, 2.75) is 24.0 Å². The number of pyridine rings is 1. The molecule has 4 aromatic rings. The molecule has 2 N–H and O–H groups in total. The Kier molecular flexibility index (Phi) is 8.93. The molecule has 0 aliphatic carbocycles. The average molecular weight is 657 g/mol. The minimum atomic E-state index is -4.45. The molecule has 2 aromatic heterocycles. The van der Waals surface area contributed by atoms with Crippen LogP contribution in [0.15, 0.2) is 75.5 Å². The summed E-state index contributed by atoms with van der Waals surface area (Å²) >= 11 is 4.50. The van der Waals surface area contributed by atoms with Gasteiger partial charge in [-0.2, -0.15) is 18.2 Å². The van der Waals surface area contributed by atoms with Gasteiger partial charge in [0.15, 0.2) is 9.84 Å². The van der Waals surface area contributed by atoms with Gasteiger partial charge in [0, 0.05) is 6.20 Å². The van der Waals surface area contributed by atoms with Gasteiger partial charge in [0.2, 0.25) is 0 Å². The van der Waals surface area contributed by atoms with Gasteiger partial charge in [0.25, 0.3) is 11.1 Å². The van der Waals surface area contributed by atoms with Gasteiger partial charge in [-0.15, -0.1) is 0 Å². The maximum atomic E-state index is 12.8. The number of ether oxygens (including phenoxy) is 1. The van der Waals surface area contributed by atoms with Gasteiger partial charge < -0.3 is 15.2 Å². The molecule has 0 spiro atoms. The van der Waals surface area contributed by atoms with E-state index >= 15 is 0 Å². The van der Waals surface area contributed by atoms with Crippen LogP contribution in [0.2, 0.25) is 0 Å². The van der Waals surface area contributed by atoms with Crippen LogP contribution >= 0.6 is 27.3 Å². The molecule has 0 fully saturated rings. The van der Waals surface area contributed by atoms with Crippen LogP contribution in [-0.2, 0) is 16.0 Å². The summed E-state index contributed by atoms with van der Waals surface area (Å²) in [6.07, 6.45) is -3.12. The van der Waals surface area contributed by atoms with Crippen molar-refractivity contribution in [3.8, 4) is 22.3 Å². The normalized spacial score (nSPS) is 12.7. The minimum Gasteiger partial charge on any atom is -0.431 e. The highest BCUT2D eigenvalue weighted by atomic mass is 79.9. The molecule has 1 atom stereocenters. The predicted octanol–water partition coefficient (Wildman–Crippen LogP) is 6.04. The van der Waals surface area contributed by atoms with Crippen LogP contribution in [-0.4, -0.2) is 41.8 Å². The summed E-state index contributed by atoms with van der Waals surface area (Å²) in [5.41, 5.74) is 0.768. The lowest BCUT2D eigenvalue weighted by atomic mass is 10.1. The zero-order valence-corrected chi connectivity index (χ0v) is 23.9. The molecule has 1 amide bonds. The van der Waals surface area contributed by atoms with Crippen LogP contribution in [0.5, 0.6) is 10.9 Å². The second-order valence-electron chi connectivity index (χ2n) is 8.34. The summed E-state index contributed by atoms with van der Waals surface area (Å²) in [6, 6.07) is 12.5. The van der Waals surface area contributed by atoms with Crippen molar-refractivity contribution in [3.63, 3.8) is 0 Å². The largest absolute Gasteiger partial charge is 0.431 e. The molecule has 8 nitrogen and oxygen atoms in total. The van der Waals surface area contributed by atoms with Crippen molar-refractivity contribution in [2.75, 3.05) is 12.4 Å². The van der Waals surface area contributed by atoms with E-state index in [4.69, 9.17) is 4.74 Å². The van der Waals surface area contributed by atoms with Crippen molar-refractivity contribution in [3.05, 3.63) is 87.3 Å². The first kappa shape index (κ1) is 29.6. The third-order valence-electron chi connectivity index (χ3n) is 5.73. The number of nitrogens with zero attached hydrogens (tertiary/aromatic N) is 2. The monoisotopic (exact) mass is 655 g/mol. The average Bonchev–Trinajstić information content (AvgIpc) is 3.31. The molecule has 0 saturated heterocycles. The van der Waals surface area contributed by atoms with E-state index in [1.54, 1.807) is 13.0 Å². The number of rotatable bonds is 9. The first-order valence-corrected chi connectivity index (χ1v) is 14.9. The topological polar surface area (TPSA) is 118 Å². The molecule has 0 aliphatic heterocycles. The summed E-state index contributed by atoms with van der Waals surface area (Å²) in [5.74, 6) is -0.367.